The lowest BCUT2D eigenvalue weighted by Gasteiger charge is -2.07. The Kier molecular flexibility index (Phi) is 4.97. The third-order valence-corrected chi connectivity index (χ3v) is 5.77. The van der Waals surface area contributed by atoms with E-state index in [2.05, 4.69) is 20.8 Å². The monoisotopic (exact) mass is 381 g/mol. The van der Waals surface area contributed by atoms with Gasteiger partial charge in [-0.3, -0.25) is 25.0 Å². The van der Waals surface area contributed by atoms with Crippen LogP contribution in [-0.4, -0.2) is 26.3 Å². The summed E-state index contributed by atoms with van der Waals surface area (Å²) in [5, 5.41) is 0. The first-order valence-electron chi connectivity index (χ1n) is 8.87. The summed E-state index contributed by atoms with van der Waals surface area (Å²) in [6.07, 6.45) is 12.2. The van der Waals surface area contributed by atoms with E-state index in [1.807, 2.05) is 6.07 Å². The number of nitrogens with one attached hydrogen (secondary N) is 2. The Balaban J connectivity index is 1.37. The average Bonchev–Trinajstić information content (AvgIpc) is 3.32. The van der Waals surface area contributed by atoms with Gasteiger partial charge >= 0.3 is 0 Å². The smallest absolute Gasteiger partial charge is 0.279 e. The minimum Gasteiger partial charge on any atom is -0.291 e. The van der Waals surface area contributed by atoms with Crippen LogP contribution in [-0.2, 0) is 12.8 Å². The molecule has 0 fully saturated rings. The number of thiophene rings is 1. The molecule has 0 atom stereocenters. The second-order valence-electron chi connectivity index (χ2n) is 6.40. The van der Waals surface area contributed by atoms with Crippen molar-refractivity contribution in [1.82, 2.24) is 25.4 Å². The summed E-state index contributed by atoms with van der Waals surface area (Å²) in [6, 6.07) is 5.32. The fraction of sp³-hybridized carbons (Fsp3) is 0.263. The molecule has 3 aromatic rings. The number of nitrogens with zero attached hydrogens (tertiary/aromatic N) is 3. The van der Waals surface area contributed by atoms with Gasteiger partial charge in [-0.1, -0.05) is 6.42 Å². The van der Waals surface area contributed by atoms with Gasteiger partial charge in [0.2, 0.25) is 0 Å². The molecule has 0 bridgehead atoms. The maximum Gasteiger partial charge on any atom is 0.279 e. The molecule has 3 heterocycles. The third-order valence-electron chi connectivity index (χ3n) is 4.54. The normalized spacial score (nSPS) is 13.5. The van der Waals surface area contributed by atoms with Crippen molar-refractivity contribution >= 4 is 23.2 Å². The molecule has 0 unspecified atom stereocenters. The SMILES string of the molecule is O=C(NNC(=O)c1cc2c(s1)CCCCC2)c1ccc(-n2ccnc2)nc1. The van der Waals surface area contributed by atoms with Gasteiger partial charge in [-0.2, -0.15) is 0 Å². The van der Waals surface area contributed by atoms with Crippen molar-refractivity contribution in [3.8, 4) is 5.82 Å². The minimum atomic E-state index is -0.411. The van der Waals surface area contributed by atoms with Crippen molar-refractivity contribution in [2.75, 3.05) is 0 Å². The van der Waals surface area contributed by atoms with Crippen LogP contribution in [0.3, 0.4) is 0 Å². The van der Waals surface area contributed by atoms with E-state index in [0.717, 1.165) is 12.8 Å². The highest BCUT2D eigenvalue weighted by molar-refractivity contribution is 7.14. The van der Waals surface area contributed by atoms with E-state index in [9.17, 15) is 9.59 Å². The van der Waals surface area contributed by atoms with E-state index in [1.165, 1.54) is 47.2 Å². The highest BCUT2D eigenvalue weighted by Gasteiger charge is 2.17. The summed E-state index contributed by atoms with van der Waals surface area (Å²) in [6.45, 7) is 0. The summed E-state index contributed by atoms with van der Waals surface area (Å²) < 4.78 is 1.74. The molecule has 2 N–H and O–H groups in total. The highest BCUT2D eigenvalue weighted by Crippen LogP contribution is 2.28. The summed E-state index contributed by atoms with van der Waals surface area (Å²) in [5.74, 6) is -0.0382. The number of imidazole rings is 1. The Labute approximate surface area is 160 Å². The van der Waals surface area contributed by atoms with Gasteiger partial charge in [0.1, 0.15) is 12.1 Å². The molecule has 3 aromatic heterocycles. The molecule has 0 radical (unpaired) electrons. The van der Waals surface area contributed by atoms with Gasteiger partial charge in [0, 0.05) is 23.5 Å². The van der Waals surface area contributed by atoms with Crippen LogP contribution in [0.5, 0.6) is 0 Å². The number of fused-ring (bicyclic) bond motifs is 1. The fourth-order valence-corrected chi connectivity index (χ4v) is 4.24. The Bertz CT molecular complexity index is 924. The molecule has 0 saturated carbocycles. The minimum absolute atomic E-state index is 0.288. The highest BCUT2D eigenvalue weighted by atomic mass is 32.1. The summed E-state index contributed by atoms with van der Waals surface area (Å²) in [7, 11) is 0. The number of carbonyl (C=O) groups is 2. The van der Waals surface area contributed by atoms with Gasteiger partial charge in [0.25, 0.3) is 11.8 Å². The molecule has 4 rings (SSSR count). The number of rotatable bonds is 3. The van der Waals surface area contributed by atoms with E-state index in [4.69, 9.17) is 0 Å². The molecule has 7 nitrogen and oxygen atoms in total. The van der Waals surface area contributed by atoms with Crippen LogP contribution in [0.1, 0.15) is 49.7 Å². The zero-order valence-electron chi connectivity index (χ0n) is 14.6. The lowest BCUT2D eigenvalue weighted by Crippen LogP contribution is -2.41. The quantitative estimate of drug-likeness (QED) is 0.539. The summed E-state index contributed by atoms with van der Waals surface area (Å²) >= 11 is 1.52. The number of amides is 2. The molecular formula is C19H19N5O2S. The molecule has 0 spiro atoms. The molecule has 0 saturated heterocycles. The van der Waals surface area contributed by atoms with E-state index < -0.39 is 5.91 Å². The number of carbonyl (C=O) groups excluding carboxylic acids is 2. The van der Waals surface area contributed by atoms with Crippen molar-refractivity contribution in [2.45, 2.75) is 32.1 Å². The van der Waals surface area contributed by atoms with E-state index >= 15 is 0 Å². The number of hydrogen-bond acceptors (Lipinski definition) is 5. The predicted molar refractivity (Wildman–Crippen MR) is 102 cm³/mol. The number of aromatic nitrogens is 3. The lowest BCUT2D eigenvalue weighted by molar-refractivity contribution is 0.0848. The largest absolute Gasteiger partial charge is 0.291 e. The van der Waals surface area contributed by atoms with Crippen LogP contribution in [0.4, 0.5) is 0 Å². The molecule has 2 amide bonds. The molecule has 1 aliphatic carbocycles. The van der Waals surface area contributed by atoms with Crippen LogP contribution in [0.25, 0.3) is 5.82 Å². The number of pyridine rings is 1. The average molecular weight is 381 g/mol. The first-order valence-corrected chi connectivity index (χ1v) is 9.69. The van der Waals surface area contributed by atoms with Gasteiger partial charge in [0.05, 0.1) is 10.4 Å². The maximum absolute atomic E-state index is 12.4. The molecule has 0 aromatic carbocycles. The molecule has 0 aliphatic heterocycles. The second kappa shape index (κ2) is 7.71. The van der Waals surface area contributed by atoms with Crippen molar-refractivity contribution in [3.63, 3.8) is 0 Å². The predicted octanol–water partition coefficient (Wildman–Crippen LogP) is 2.67. The molecule has 8 heteroatoms. The second-order valence-corrected chi connectivity index (χ2v) is 7.54. The van der Waals surface area contributed by atoms with E-state index in [1.54, 1.807) is 35.4 Å². The van der Waals surface area contributed by atoms with Crippen molar-refractivity contribution < 1.29 is 9.59 Å². The Morgan fingerprint density at radius 1 is 1.07 bits per heavy atom. The molecular weight excluding hydrogens is 362 g/mol. The summed E-state index contributed by atoms with van der Waals surface area (Å²) in [4.78, 5) is 34.7. The maximum atomic E-state index is 12.4. The van der Waals surface area contributed by atoms with Crippen LogP contribution in [0.15, 0.2) is 43.1 Å². The van der Waals surface area contributed by atoms with Gasteiger partial charge in [-0.05, 0) is 49.4 Å². The summed E-state index contributed by atoms with van der Waals surface area (Å²) in [5.41, 5.74) is 6.58. The molecule has 1 aliphatic rings. The van der Waals surface area contributed by atoms with Gasteiger partial charge < -0.3 is 0 Å². The Morgan fingerprint density at radius 2 is 1.93 bits per heavy atom. The number of hydrazine groups is 1. The van der Waals surface area contributed by atoms with E-state index in [-0.39, 0.29) is 5.91 Å². The Morgan fingerprint density at radius 3 is 2.70 bits per heavy atom. The van der Waals surface area contributed by atoms with Crippen LogP contribution < -0.4 is 10.9 Å². The van der Waals surface area contributed by atoms with Gasteiger partial charge in [0.15, 0.2) is 0 Å². The van der Waals surface area contributed by atoms with E-state index in [0.29, 0.717) is 16.3 Å². The standard InChI is InChI=1S/C19H19N5O2S/c25-18(14-6-7-17(21-11-14)24-9-8-20-12-24)22-23-19(26)16-10-13-4-2-1-3-5-15(13)27-16/h6-12H,1-5H2,(H,22,25)(H,23,26). The number of hydrogen-bond donors (Lipinski definition) is 2. The first kappa shape index (κ1) is 17.4. The zero-order chi connectivity index (χ0) is 18.6. The van der Waals surface area contributed by atoms with Gasteiger partial charge in [-0.25, -0.2) is 9.97 Å². The van der Waals surface area contributed by atoms with Crippen molar-refractivity contribution in [1.29, 1.82) is 0 Å². The third kappa shape index (κ3) is 3.90. The van der Waals surface area contributed by atoms with Crippen molar-refractivity contribution in [3.05, 3.63) is 64.0 Å². The zero-order valence-corrected chi connectivity index (χ0v) is 15.5. The number of aryl methyl sites for hydroxylation is 2. The van der Waals surface area contributed by atoms with Gasteiger partial charge in [-0.15, -0.1) is 11.3 Å². The van der Waals surface area contributed by atoms with Crippen LogP contribution in [0.2, 0.25) is 0 Å². The first-order chi connectivity index (χ1) is 13.2. The Hall–Kier alpha value is -3.00. The lowest BCUT2D eigenvalue weighted by atomic mass is 10.1. The van der Waals surface area contributed by atoms with Crippen molar-refractivity contribution in [2.24, 2.45) is 0 Å². The van der Waals surface area contributed by atoms with Crippen LogP contribution in [0, 0.1) is 0 Å². The molecule has 138 valence electrons. The topological polar surface area (TPSA) is 88.9 Å². The molecule has 27 heavy (non-hydrogen) atoms. The fourth-order valence-electron chi connectivity index (χ4n) is 3.09. The van der Waals surface area contributed by atoms with Crippen LogP contribution >= 0.6 is 11.3 Å².